The third kappa shape index (κ3) is 7.58. The maximum Gasteiger partial charge on any atom is 0.339 e. The van der Waals surface area contributed by atoms with Crippen molar-refractivity contribution in [3.8, 4) is 28.3 Å². The second kappa shape index (κ2) is 16.1. The third-order valence-electron chi connectivity index (χ3n) is 7.79. The average molecular weight is 642 g/mol. The van der Waals surface area contributed by atoms with Crippen LogP contribution in [-0.4, -0.2) is 27.5 Å². The number of hydrogen-bond donors (Lipinski definition) is 1. The van der Waals surface area contributed by atoms with Crippen molar-refractivity contribution < 1.29 is 24.2 Å². The molecule has 0 amide bonds. The summed E-state index contributed by atoms with van der Waals surface area (Å²) in [6, 6.07) is 51.3. The zero-order chi connectivity index (χ0) is 34.6. The number of ether oxygens (including phenoxy) is 1. The normalized spacial score (nSPS) is 11.1. The number of nitriles is 1. The molecule has 0 unspecified atom stereocenters. The van der Waals surface area contributed by atoms with E-state index in [9.17, 15) is 9.59 Å². The van der Waals surface area contributed by atoms with E-state index in [1.165, 1.54) is 6.92 Å². The lowest BCUT2D eigenvalue weighted by atomic mass is 10.1. The molecule has 6 aromatic carbocycles. The summed E-state index contributed by atoms with van der Waals surface area (Å²) < 4.78 is 5.81. The summed E-state index contributed by atoms with van der Waals surface area (Å²) in [5.41, 5.74) is 19.3. The number of aromatic carboxylic acids is 1. The Labute approximate surface area is 284 Å². The van der Waals surface area contributed by atoms with Gasteiger partial charge in [-0.3, -0.25) is 0 Å². The van der Waals surface area contributed by atoms with Gasteiger partial charge in [-0.2, -0.15) is 10.1 Å². The smallest absolute Gasteiger partial charge is 0.339 e. The van der Waals surface area contributed by atoms with E-state index in [4.69, 9.17) is 20.6 Å². The van der Waals surface area contributed by atoms with E-state index in [1.54, 1.807) is 48.5 Å². The molecule has 7 nitrogen and oxygen atoms in total. The molecule has 7 heteroatoms. The molecule has 0 heterocycles. The Morgan fingerprint density at radius 3 is 1.33 bits per heavy atom. The standard InChI is InChI=1S/C20H14O2.C13H8N2.C7H6O2.C2H3N/c21-20(14-8-2-1-3-9-14)22-19-17-12-6-4-10-15(17)16-11-5-7-13-18(16)19;14-15-13-11-7-3-1-5-9(11)10-6-2-4-8-12(10)13;8-7(9)6-4-2-1-3-5-6;1-2-3/h1-13,19H;1-8H;1-5H,(H,8,9);1H3. The summed E-state index contributed by atoms with van der Waals surface area (Å²) in [5, 5.41) is 15.7. The monoisotopic (exact) mass is 641 g/mol. The minimum absolute atomic E-state index is 0.294. The largest absolute Gasteiger partial charge is 0.478 e. The predicted molar refractivity (Wildman–Crippen MR) is 189 cm³/mol. The minimum atomic E-state index is -0.879. The Bertz CT molecular complexity index is 2090. The number of esters is 1. The van der Waals surface area contributed by atoms with Gasteiger partial charge < -0.3 is 15.4 Å². The number of rotatable bonds is 3. The Balaban J connectivity index is 0.000000150. The first-order valence-corrected chi connectivity index (χ1v) is 15.4. The first-order chi connectivity index (χ1) is 24.0. The fourth-order valence-corrected chi connectivity index (χ4v) is 5.67. The molecule has 0 radical (unpaired) electrons. The molecular formula is C42H31N3O4. The molecule has 0 aromatic heterocycles. The highest BCUT2D eigenvalue weighted by Crippen LogP contribution is 2.45. The summed E-state index contributed by atoms with van der Waals surface area (Å²) in [7, 11) is 0. The molecule has 2 aliphatic rings. The fraction of sp³-hybridized carbons (Fsp3) is 0.0476. The van der Waals surface area contributed by atoms with Crippen LogP contribution in [0.4, 0.5) is 0 Å². The number of carboxylic acid groups (broad SMARTS) is 1. The van der Waals surface area contributed by atoms with Crippen molar-refractivity contribution in [3.05, 3.63) is 197 Å². The molecule has 2 aliphatic carbocycles. The highest BCUT2D eigenvalue weighted by Gasteiger charge is 2.31. The van der Waals surface area contributed by atoms with E-state index in [-0.39, 0.29) is 12.1 Å². The number of carbonyl (C=O) groups excluding carboxylic acids is 1. The van der Waals surface area contributed by atoms with Crippen LogP contribution >= 0.6 is 0 Å². The first kappa shape index (κ1) is 33.5. The van der Waals surface area contributed by atoms with Crippen molar-refractivity contribution in [2.24, 2.45) is 0 Å². The lowest BCUT2D eigenvalue weighted by molar-refractivity contribution is -0.00245. The molecule has 0 saturated carbocycles. The predicted octanol–water partition coefficient (Wildman–Crippen LogP) is 9.26. The number of fused-ring (bicyclic) bond motifs is 6. The lowest BCUT2D eigenvalue weighted by Gasteiger charge is -2.15. The molecule has 0 atom stereocenters. The van der Waals surface area contributed by atoms with Crippen LogP contribution in [0.3, 0.4) is 0 Å². The Morgan fingerprint density at radius 1 is 0.592 bits per heavy atom. The number of carboxylic acids is 1. The maximum absolute atomic E-state index is 12.4. The van der Waals surface area contributed by atoms with Gasteiger partial charge in [-0.15, -0.1) is 0 Å². The van der Waals surface area contributed by atoms with Crippen molar-refractivity contribution >= 4 is 17.7 Å². The molecule has 49 heavy (non-hydrogen) atoms. The van der Waals surface area contributed by atoms with Gasteiger partial charge in [0.15, 0.2) is 6.10 Å². The summed E-state index contributed by atoms with van der Waals surface area (Å²) in [5.74, 6) is -1.17. The van der Waals surface area contributed by atoms with Gasteiger partial charge in [0.2, 0.25) is 0 Å². The molecule has 0 spiro atoms. The van der Waals surface area contributed by atoms with Gasteiger partial charge in [0.25, 0.3) is 0 Å². The van der Waals surface area contributed by atoms with Crippen LogP contribution in [0.15, 0.2) is 158 Å². The Morgan fingerprint density at radius 2 is 0.939 bits per heavy atom. The van der Waals surface area contributed by atoms with Gasteiger partial charge in [0, 0.05) is 18.1 Å². The van der Waals surface area contributed by atoms with Gasteiger partial charge in [0.1, 0.15) is 0 Å². The third-order valence-corrected chi connectivity index (χ3v) is 7.79. The molecule has 6 aromatic rings. The van der Waals surface area contributed by atoms with Gasteiger partial charge in [-0.1, -0.05) is 121 Å². The van der Waals surface area contributed by atoms with E-state index >= 15 is 0 Å². The zero-order valence-corrected chi connectivity index (χ0v) is 26.6. The van der Waals surface area contributed by atoms with Crippen molar-refractivity contribution in [2.75, 3.05) is 0 Å². The summed E-state index contributed by atoms with van der Waals surface area (Å²) >= 11 is 0. The minimum Gasteiger partial charge on any atom is -0.478 e. The number of benzene rings is 6. The first-order valence-electron chi connectivity index (χ1n) is 15.4. The summed E-state index contributed by atoms with van der Waals surface area (Å²) in [6.07, 6.45) is -0.333. The molecule has 238 valence electrons. The second-order valence-corrected chi connectivity index (χ2v) is 10.8. The molecule has 0 bridgehead atoms. The van der Waals surface area contributed by atoms with Gasteiger partial charge in [0.05, 0.1) is 28.3 Å². The average Bonchev–Trinajstić information content (AvgIpc) is 3.65. The SMILES string of the molecule is CC#N.O=C(O)c1ccccc1.O=C(OC1c2ccccc2-c2ccccc21)c1ccccc1.[N-]=[N+]=C1c2ccccc2-c2ccccc21. The second-order valence-electron chi connectivity index (χ2n) is 10.8. The number of carbonyl (C=O) groups is 2. The Hall–Kier alpha value is -6.87. The van der Waals surface area contributed by atoms with Gasteiger partial charge in [-0.05, 0) is 58.7 Å². The van der Waals surface area contributed by atoms with Crippen molar-refractivity contribution in [1.82, 2.24) is 0 Å². The van der Waals surface area contributed by atoms with Crippen LogP contribution in [0.1, 0.15) is 56.0 Å². The van der Waals surface area contributed by atoms with E-state index in [2.05, 4.69) is 16.9 Å². The van der Waals surface area contributed by atoms with E-state index in [0.717, 1.165) is 44.5 Å². The van der Waals surface area contributed by atoms with Gasteiger partial charge in [-0.25, -0.2) is 9.59 Å². The molecule has 0 aliphatic heterocycles. The van der Waals surface area contributed by atoms with Crippen LogP contribution in [0.5, 0.6) is 0 Å². The zero-order valence-electron chi connectivity index (χ0n) is 26.6. The van der Waals surface area contributed by atoms with E-state index in [1.807, 2.05) is 103 Å². The molecule has 8 rings (SSSR count). The topological polar surface area (TPSA) is 124 Å². The van der Waals surface area contributed by atoms with E-state index in [0.29, 0.717) is 16.8 Å². The molecule has 0 saturated heterocycles. The summed E-state index contributed by atoms with van der Waals surface area (Å²) in [4.78, 5) is 26.0. The van der Waals surface area contributed by atoms with Crippen LogP contribution in [0, 0.1) is 11.3 Å². The van der Waals surface area contributed by atoms with Crippen molar-refractivity contribution in [1.29, 1.82) is 5.26 Å². The van der Waals surface area contributed by atoms with Crippen molar-refractivity contribution in [3.63, 3.8) is 0 Å². The Kier molecular flexibility index (Phi) is 11.0. The van der Waals surface area contributed by atoms with Crippen LogP contribution < -0.4 is 0 Å². The van der Waals surface area contributed by atoms with E-state index < -0.39 is 5.97 Å². The highest BCUT2D eigenvalue weighted by atomic mass is 16.5. The number of nitrogens with zero attached hydrogens (tertiary/aromatic N) is 3. The van der Waals surface area contributed by atoms with Crippen LogP contribution in [-0.2, 0) is 4.74 Å². The lowest BCUT2D eigenvalue weighted by Crippen LogP contribution is -2.10. The van der Waals surface area contributed by atoms with Crippen LogP contribution in [0.2, 0.25) is 0 Å². The van der Waals surface area contributed by atoms with Crippen LogP contribution in [0.25, 0.3) is 27.8 Å². The highest BCUT2D eigenvalue weighted by molar-refractivity contribution is 6.21. The van der Waals surface area contributed by atoms with Gasteiger partial charge >= 0.3 is 17.7 Å². The molecule has 1 N–H and O–H groups in total. The maximum atomic E-state index is 12.4. The fourth-order valence-electron chi connectivity index (χ4n) is 5.67. The molecular weight excluding hydrogens is 610 g/mol. The van der Waals surface area contributed by atoms with Crippen molar-refractivity contribution in [2.45, 2.75) is 13.0 Å². The number of hydrogen-bond acceptors (Lipinski definition) is 4. The summed E-state index contributed by atoms with van der Waals surface area (Å²) in [6.45, 7) is 1.43. The quantitative estimate of drug-likeness (QED) is 0.117. The molecule has 0 fully saturated rings.